The molecule has 0 unspecified atom stereocenters. The van der Waals surface area contributed by atoms with Gasteiger partial charge in [0.25, 0.3) is 5.91 Å². The molecule has 0 aliphatic heterocycles. The second-order valence-electron chi connectivity index (χ2n) is 4.45. The van der Waals surface area contributed by atoms with Crippen LogP contribution in [0.15, 0.2) is 42.5 Å². The van der Waals surface area contributed by atoms with Gasteiger partial charge in [-0.2, -0.15) is 8.78 Å². The molecule has 0 fully saturated rings. The summed E-state index contributed by atoms with van der Waals surface area (Å²) in [6.07, 6.45) is 0. The van der Waals surface area contributed by atoms with Gasteiger partial charge in [0.2, 0.25) is 0 Å². The number of alkyl halides is 2. The molecule has 1 amide bonds. The molecule has 110 valence electrons. The van der Waals surface area contributed by atoms with Crippen molar-refractivity contribution in [1.29, 1.82) is 0 Å². The van der Waals surface area contributed by atoms with Crippen molar-refractivity contribution in [3.8, 4) is 5.75 Å². The van der Waals surface area contributed by atoms with E-state index in [0.29, 0.717) is 16.9 Å². The molecule has 4 nitrogen and oxygen atoms in total. The second kappa shape index (κ2) is 6.21. The van der Waals surface area contributed by atoms with Gasteiger partial charge in [0, 0.05) is 11.4 Å². The highest BCUT2D eigenvalue weighted by atomic mass is 19.3. The Hall–Kier alpha value is -2.63. The molecule has 3 N–H and O–H groups in total. The smallest absolute Gasteiger partial charge is 0.387 e. The highest BCUT2D eigenvalue weighted by Crippen LogP contribution is 2.20. The number of benzene rings is 2. The average Bonchev–Trinajstić information content (AvgIpc) is 2.43. The van der Waals surface area contributed by atoms with E-state index in [4.69, 9.17) is 5.73 Å². The molecule has 0 saturated heterocycles. The Morgan fingerprint density at radius 2 is 1.86 bits per heavy atom. The SMILES string of the molecule is Cc1ccc(N)c(C(=O)Nc2ccc(OC(F)F)cc2)c1. The number of nitrogen functional groups attached to an aromatic ring is 1. The molecular weight excluding hydrogens is 278 g/mol. The van der Waals surface area contributed by atoms with Gasteiger partial charge in [-0.25, -0.2) is 0 Å². The predicted octanol–water partition coefficient (Wildman–Crippen LogP) is 3.43. The summed E-state index contributed by atoms with van der Waals surface area (Å²) in [6.45, 7) is -1.02. The third kappa shape index (κ3) is 3.92. The second-order valence-corrected chi connectivity index (χ2v) is 4.45. The number of carbonyl (C=O) groups is 1. The largest absolute Gasteiger partial charge is 0.435 e. The lowest BCUT2D eigenvalue weighted by molar-refractivity contribution is -0.0498. The third-order valence-electron chi connectivity index (χ3n) is 2.79. The molecule has 0 atom stereocenters. The number of hydrogen-bond donors (Lipinski definition) is 2. The van der Waals surface area contributed by atoms with Crippen LogP contribution in [-0.2, 0) is 0 Å². The fraction of sp³-hybridized carbons (Fsp3) is 0.133. The standard InChI is InChI=1S/C15H14F2N2O2/c1-9-2-7-13(18)12(8-9)14(20)19-10-3-5-11(6-4-10)21-15(16)17/h2-8,15H,18H2,1H3,(H,19,20). The molecule has 6 heteroatoms. The van der Waals surface area contributed by atoms with Gasteiger partial charge in [0.1, 0.15) is 5.75 Å². The van der Waals surface area contributed by atoms with Crippen LogP contribution in [0.2, 0.25) is 0 Å². The highest BCUT2D eigenvalue weighted by molar-refractivity contribution is 6.07. The van der Waals surface area contributed by atoms with Crippen LogP contribution in [0.25, 0.3) is 0 Å². The maximum Gasteiger partial charge on any atom is 0.387 e. The summed E-state index contributed by atoms with van der Waals surface area (Å²) >= 11 is 0. The van der Waals surface area contributed by atoms with E-state index in [-0.39, 0.29) is 11.7 Å². The van der Waals surface area contributed by atoms with Gasteiger partial charge in [-0.3, -0.25) is 4.79 Å². The molecule has 2 aromatic rings. The zero-order valence-electron chi connectivity index (χ0n) is 11.3. The van der Waals surface area contributed by atoms with E-state index in [1.54, 1.807) is 12.1 Å². The summed E-state index contributed by atoms with van der Waals surface area (Å²) in [7, 11) is 0. The first kappa shape index (κ1) is 14.8. The Labute approximate surface area is 120 Å². The zero-order valence-corrected chi connectivity index (χ0v) is 11.3. The molecule has 0 bridgehead atoms. The van der Waals surface area contributed by atoms with E-state index in [0.717, 1.165) is 5.56 Å². The van der Waals surface area contributed by atoms with Crippen LogP contribution in [-0.4, -0.2) is 12.5 Å². The van der Waals surface area contributed by atoms with E-state index >= 15 is 0 Å². The van der Waals surface area contributed by atoms with Crippen molar-refractivity contribution in [3.63, 3.8) is 0 Å². The average molecular weight is 292 g/mol. The van der Waals surface area contributed by atoms with E-state index in [1.165, 1.54) is 24.3 Å². The lowest BCUT2D eigenvalue weighted by atomic mass is 10.1. The fourth-order valence-electron chi connectivity index (χ4n) is 1.78. The number of aryl methyl sites for hydroxylation is 1. The molecule has 21 heavy (non-hydrogen) atoms. The van der Waals surface area contributed by atoms with Crippen LogP contribution in [0.1, 0.15) is 15.9 Å². The number of carbonyl (C=O) groups excluding carboxylic acids is 1. The first-order valence-corrected chi connectivity index (χ1v) is 6.18. The van der Waals surface area contributed by atoms with Crippen molar-refractivity contribution >= 4 is 17.3 Å². The first-order valence-electron chi connectivity index (χ1n) is 6.18. The van der Waals surface area contributed by atoms with Crippen molar-refractivity contribution in [2.75, 3.05) is 11.1 Å². The van der Waals surface area contributed by atoms with Gasteiger partial charge in [-0.15, -0.1) is 0 Å². The summed E-state index contributed by atoms with van der Waals surface area (Å²) in [5.74, 6) is -0.336. The molecule has 0 heterocycles. The number of hydrogen-bond acceptors (Lipinski definition) is 3. The summed E-state index contributed by atoms with van der Waals surface area (Å²) in [5.41, 5.74) is 7.87. The maximum absolute atomic E-state index is 12.1. The summed E-state index contributed by atoms with van der Waals surface area (Å²) < 4.78 is 28.3. The van der Waals surface area contributed by atoms with E-state index in [9.17, 15) is 13.6 Å². The molecule has 0 aliphatic carbocycles. The monoisotopic (exact) mass is 292 g/mol. The third-order valence-corrected chi connectivity index (χ3v) is 2.79. The molecular formula is C15H14F2N2O2. The van der Waals surface area contributed by atoms with Gasteiger partial charge in [-0.1, -0.05) is 11.6 Å². The van der Waals surface area contributed by atoms with Crippen molar-refractivity contribution < 1.29 is 18.3 Å². The van der Waals surface area contributed by atoms with Crippen LogP contribution in [0, 0.1) is 6.92 Å². The number of halogens is 2. The molecule has 0 aliphatic rings. The van der Waals surface area contributed by atoms with Gasteiger partial charge >= 0.3 is 6.61 Å². The minimum Gasteiger partial charge on any atom is -0.435 e. The molecule has 2 aromatic carbocycles. The molecule has 0 spiro atoms. The predicted molar refractivity (Wildman–Crippen MR) is 76.6 cm³/mol. The summed E-state index contributed by atoms with van der Waals surface area (Å²) in [4.78, 5) is 12.1. The van der Waals surface area contributed by atoms with Gasteiger partial charge in [-0.05, 0) is 43.3 Å². The Bertz CT molecular complexity index is 643. The van der Waals surface area contributed by atoms with Crippen LogP contribution < -0.4 is 15.8 Å². The van der Waals surface area contributed by atoms with Crippen LogP contribution in [0.3, 0.4) is 0 Å². The molecule has 0 saturated carbocycles. The van der Waals surface area contributed by atoms with E-state index in [2.05, 4.69) is 10.1 Å². The molecule has 0 radical (unpaired) electrons. The maximum atomic E-state index is 12.1. The highest BCUT2D eigenvalue weighted by Gasteiger charge is 2.10. The number of rotatable bonds is 4. The molecule has 0 aromatic heterocycles. The van der Waals surface area contributed by atoms with Crippen molar-refractivity contribution in [3.05, 3.63) is 53.6 Å². The summed E-state index contributed by atoms with van der Waals surface area (Å²) in [6, 6.07) is 10.8. The van der Waals surface area contributed by atoms with Gasteiger partial charge in [0.05, 0.1) is 5.56 Å². The van der Waals surface area contributed by atoms with Crippen LogP contribution >= 0.6 is 0 Å². The zero-order chi connectivity index (χ0) is 15.4. The fourth-order valence-corrected chi connectivity index (χ4v) is 1.78. The van der Waals surface area contributed by atoms with Crippen molar-refractivity contribution in [2.24, 2.45) is 0 Å². The van der Waals surface area contributed by atoms with Crippen molar-refractivity contribution in [2.45, 2.75) is 13.5 Å². The number of ether oxygens (including phenoxy) is 1. The first-order chi connectivity index (χ1) is 9.95. The molecule has 2 rings (SSSR count). The normalized spacial score (nSPS) is 10.5. The van der Waals surface area contributed by atoms with Crippen LogP contribution in [0.4, 0.5) is 20.2 Å². The minimum absolute atomic E-state index is 0.0260. The Morgan fingerprint density at radius 1 is 1.19 bits per heavy atom. The quantitative estimate of drug-likeness (QED) is 0.848. The lowest BCUT2D eigenvalue weighted by Crippen LogP contribution is -2.14. The number of nitrogens with one attached hydrogen (secondary N) is 1. The lowest BCUT2D eigenvalue weighted by Gasteiger charge is -2.09. The van der Waals surface area contributed by atoms with E-state index in [1.807, 2.05) is 13.0 Å². The van der Waals surface area contributed by atoms with Crippen LogP contribution in [0.5, 0.6) is 5.75 Å². The van der Waals surface area contributed by atoms with Gasteiger partial charge < -0.3 is 15.8 Å². The topological polar surface area (TPSA) is 64.4 Å². The number of anilines is 2. The summed E-state index contributed by atoms with van der Waals surface area (Å²) in [5, 5.41) is 2.64. The Kier molecular flexibility index (Phi) is 4.37. The number of amides is 1. The van der Waals surface area contributed by atoms with E-state index < -0.39 is 6.61 Å². The minimum atomic E-state index is -2.88. The Morgan fingerprint density at radius 3 is 2.48 bits per heavy atom. The number of nitrogens with two attached hydrogens (primary N) is 1. The Balaban J connectivity index is 2.10. The van der Waals surface area contributed by atoms with Crippen molar-refractivity contribution in [1.82, 2.24) is 0 Å². The van der Waals surface area contributed by atoms with Gasteiger partial charge in [0.15, 0.2) is 0 Å².